The van der Waals surface area contributed by atoms with Crippen LogP contribution in [0.25, 0.3) is 5.57 Å². The van der Waals surface area contributed by atoms with Crippen LogP contribution in [0.3, 0.4) is 0 Å². The topological polar surface area (TPSA) is 95.5 Å². The van der Waals surface area contributed by atoms with Crippen molar-refractivity contribution < 1.29 is 18.4 Å². The summed E-state index contributed by atoms with van der Waals surface area (Å²) in [6.07, 6.45) is 1.25. The molecule has 8 heteroatoms. The summed E-state index contributed by atoms with van der Waals surface area (Å²) in [5.41, 5.74) is 3.80. The number of hydrogen-bond acceptors (Lipinski definition) is 4. The van der Waals surface area contributed by atoms with Gasteiger partial charge in [-0.3, -0.25) is 14.7 Å². The molecule has 0 atom stereocenters. The summed E-state index contributed by atoms with van der Waals surface area (Å²) in [6, 6.07) is 22.1. The Morgan fingerprint density at radius 3 is 2.21 bits per heavy atom. The average Bonchev–Trinajstić information content (AvgIpc) is 2.72. The van der Waals surface area contributed by atoms with Crippen LogP contribution in [0.1, 0.15) is 11.1 Å². The first-order chi connectivity index (χ1) is 13.9. The molecular weight excluding hydrogens is 456 g/mol. The lowest BCUT2D eigenvalue weighted by Gasteiger charge is -2.12. The van der Waals surface area contributed by atoms with Crippen molar-refractivity contribution in [2.75, 3.05) is 4.72 Å². The lowest BCUT2D eigenvalue weighted by atomic mass is 9.97. The number of carbonyl (C=O) groups is 1. The van der Waals surface area contributed by atoms with E-state index in [0.717, 1.165) is 10.0 Å². The lowest BCUT2D eigenvalue weighted by Crippen LogP contribution is -2.16. The fourth-order valence-corrected chi connectivity index (χ4v) is 4.01. The van der Waals surface area contributed by atoms with Gasteiger partial charge in [0.05, 0.1) is 4.90 Å². The first-order valence-electron chi connectivity index (χ1n) is 8.49. The quantitative estimate of drug-likeness (QED) is 0.284. The Bertz CT molecular complexity index is 1140. The molecule has 3 N–H and O–H groups in total. The first-order valence-corrected chi connectivity index (χ1v) is 10.8. The van der Waals surface area contributed by atoms with E-state index >= 15 is 0 Å². The van der Waals surface area contributed by atoms with Crippen LogP contribution in [-0.2, 0) is 14.8 Å². The van der Waals surface area contributed by atoms with Crippen molar-refractivity contribution in [3.63, 3.8) is 0 Å². The van der Waals surface area contributed by atoms with Gasteiger partial charge in [-0.2, -0.15) is 0 Å². The Kier molecular flexibility index (Phi) is 6.48. The summed E-state index contributed by atoms with van der Waals surface area (Å²) in [6.45, 7) is 0. The molecule has 0 radical (unpaired) electrons. The van der Waals surface area contributed by atoms with E-state index in [1.807, 2.05) is 30.3 Å². The number of amides is 1. The molecule has 0 aliphatic rings. The predicted octanol–water partition coefficient (Wildman–Crippen LogP) is 4.19. The van der Waals surface area contributed by atoms with Gasteiger partial charge in [0, 0.05) is 16.2 Å². The summed E-state index contributed by atoms with van der Waals surface area (Å²) in [4.78, 5) is 11.9. The first kappa shape index (κ1) is 20.8. The highest BCUT2D eigenvalue weighted by Crippen LogP contribution is 2.27. The molecule has 0 aromatic heterocycles. The van der Waals surface area contributed by atoms with Gasteiger partial charge in [-0.15, -0.1) is 0 Å². The zero-order chi connectivity index (χ0) is 20.9. The highest BCUT2D eigenvalue weighted by atomic mass is 79.9. The van der Waals surface area contributed by atoms with Crippen LogP contribution in [0.15, 0.2) is 94.3 Å². The molecule has 0 bridgehead atoms. The minimum Gasteiger partial charge on any atom is -0.288 e. The Labute approximate surface area is 177 Å². The monoisotopic (exact) mass is 472 g/mol. The molecule has 6 nitrogen and oxygen atoms in total. The highest BCUT2D eigenvalue weighted by molar-refractivity contribution is 9.10. The van der Waals surface area contributed by atoms with Gasteiger partial charge >= 0.3 is 0 Å². The highest BCUT2D eigenvalue weighted by Gasteiger charge is 2.15. The van der Waals surface area contributed by atoms with Crippen LogP contribution < -0.4 is 10.2 Å². The van der Waals surface area contributed by atoms with Crippen LogP contribution in [-0.4, -0.2) is 19.5 Å². The van der Waals surface area contributed by atoms with Crippen molar-refractivity contribution in [1.82, 2.24) is 5.48 Å². The number of halogens is 1. The minimum absolute atomic E-state index is 0.129. The second kappa shape index (κ2) is 9.04. The zero-order valence-electron chi connectivity index (χ0n) is 15.0. The smallest absolute Gasteiger partial charge is 0.267 e. The third-order valence-corrected chi connectivity index (χ3v) is 5.95. The van der Waals surface area contributed by atoms with Crippen LogP contribution in [0.4, 0.5) is 5.69 Å². The number of hydrogen-bond donors (Lipinski definition) is 3. The van der Waals surface area contributed by atoms with E-state index in [1.165, 1.54) is 18.2 Å². The standard InChI is InChI=1S/C21H17BrN2O4S/c22-17-9-11-19(12-10-17)29(27,28)24-18-8-4-7-16(13-18)20(14-21(25)23-26)15-5-2-1-3-6-15/h1-14,24,26H,(H,23,25). The molecule has 29 heavy (non-hydrogen) atoms. The molecule has 0 heterocycles. The number of rotatable bonds is 6. The molecule has 0 saturated heterocycles. The summed E-state index contributed by atoms with van der Waals surface area (Å²) >= 11 is 3.28. The maximum Gasteiger partial charge on any atom is 0.267 e. The van der Waals surface area contributed by atoms with Crippen molar-refractivity contribution in [3.05, 3.63) is 101 Å². The van der Waals surface area contributed by atoms with E-state index in [9.17, 15) is 13.2 Å². The van der Waals surface area contributed by atoms with Crippen LogP contribution >= 0.6 is 15.9 Å². The molecular formula is C21H17BrN2O4S. The number of hydroxylamine groups is 1. The lowest BCUT2D eigenvalue weighted by molar-refractivity contribution is -0.124. The van der Waals surface area contributed by atoms with E-state index in [0.29, 0.717) is 16.8 Å². The fraction of sp³-hybridized carbons (Fsp3) is 0. The maximum absolute atomic E-state index is 12.6. The van der Waals surface area contributed by atoms with Crippen molar-refractivity contribution in [2.24, 2.45) is 0 Å². The largest absolute Gasteiger partial charge is 0.288 e. The summed E-state index contributed by atoms with van der Waals surface area (Å²) in [5.74, 6) is -0.690. The number of benzene rings is 3. The van der Waals surface area contributed by atoms with Crippen molar-refractivity contribution in [1.29, 1.82) is 0 Å². The third kappa shape index (κ3) is 5.32. The van der Waals surface area contributed by atoms with Gasteiger partial charge in [0.2, 0.25) is 0 Å². The van der Waals surface area contributed by atoms with Gasteiger partial charge in [0.1, 0.15) is 0 Å². The average molecular weight is 473 g/mol. The molecule has 3 aromatic rings. The molecule has 3 aromatic carbocycles. The molecule has 3 rings (SSSR count). The molecule has 0 aliphatic carbocycles. The van der Waals surface area contributed by atoms with E-state index in [4.69, 9.17) is 5.21 Å². The van der Waals surface area contributed by atoms with Gasteiger partial charge in [-0.1, -0.05) is 58.4 Å². The summed E-state index contributed by atoms with van der Waals surface area (Å²) in [7, 11) is -3.77. The number of anilines is 1. The molecule has 0 fully saturated rings. The number of sulfonamides is 1. The van der Waals surface area contributed by atoms with Crippen molar-refractivity contribution >= 4 is 43.1 Å². The van der Waals surface area contributed by atoms with Crippen LogP contribution in [0, 0.1) is 0 Å². The number of carbonyl (C=O) groups excluding carboxylic acids is 1. The zero-order valence-corrected chi connectivity index (χ0v) is 17.4. The Balaban J connectivity index is 1.98. The minimum atomic E-state index is -3.77. The molecule has 0 saturated carbocycles. The van der Waals surface area contributed by atoms with Gasteiger partial charge in [-0.25, -0.2) is 13.9 Å². The van der Waals surface area contributed by atoms with E-state index in [1.54, 1.807) is 41.9 Å². The van der Waals surface area contributed by atoms with Crippen molar-refractivity contribution in [3.8, 4) is 0 Å². The molecule has 0 unspecified atom stereocenters. The van der Waals surface area contributed by atoms with Gasteiger partial charge < -0.3 is 0 Å². The summed E-state index contributed by atoms with van der Waals surface area (Å²) < 4.78 is 28.6. The van der Waals surface area contributed by atoms with E-state index < -0.39 is 15.9 Å². The fourth-order valence-electron chi connectivity index (χ4n) is 2.69. The SMILES string of the molecule is O=C(C=C(c1ccccc1)c1cccc(NS(=O)(=O)c2ccc(Br)cc2)c1)NO. The van der Waals surface area contributed by atoms with Gasteiger partial charge in [0.15, 0.2) is 0 Å². The third-order valence-electron chi connectivity index (χ3n) is 4.02. The molecule has 0 spiro atoms. The summed E-state index contributed by atoms with van der Waals surface area (Å²) in [5, 5.41) is 8.89. The van der Waals surface area contributed by atoms with Gasteiger partial charge in [-0.05, 0) is 53.1 Å². The Morgan fingerprint density at radius 1 is 0.897 bits per heavy atom. The molecule has 1 amide bonds. The van der Waals surface area contributed by atoms with Crippen LogP contribution in [0.5, 0.6) is 0 Å². The Morgan fingerprint density at radius 2 is 1.55 bits per heavy atom. The van der Waals surface area contributed by atoms with E-state index in [2.05, 4.69) is 20.7 Å². The Hall–Kier alpha value is -2.94. The van der Waals surface area contributed by atoms with Crippen LogP contribution in [0.2, 0.25) is 0 Å². The number of nitrogens with one attached hydrogen (secondary N) is 2. The molecule has 0 aliphatic heterocycles. The van der Waals surface area contributed by atoms with Gasteiger partial charge in [0.25, 0.3) is 15.9 Å². The van der Waals surface area contributed by atoms with E-state index in [-0.39, 0.29) is 4.90 Å². The second-order valence-electron chi connectivity index (χ2n) is 6.04. The normalized spacial score (nSPS) is 11.7. The van der Waals surface area contributed by atoms with Crippen molar-refractivity contribution in [2.45, 2.75) is 4.90 Å². The predicted molar refractivity (Wildman–Crippen MR) is 115 cm³/mol. The maximum atomic E-state index is 12.6. The molecule has 148 valence electrons. The second-order valence-corrected chi connectivity index (χ2v) is 8.64.